The molecule has 1 saturated carbocycles. The van der Waals surface area contributed by atoms with Crippen LogP contribution in [0, 0.1) is 17.8 Å². The van der Waals surface area contributed by atoms with E-state index in [-0.39, 0.29) is 17.6 Å². The summed E-state index contributed by atoms with van der Waals surface area (Å²) in [5, 5.41) is 10.0. The van der Waals surface area contributed by atoms with Crippen molar-refractivity contribution >= 4 is 5.78 Å². The number of ketones is 1. The van der Waals surface area contributed by atoms with E-state index >= 15 is 0 Å². The van der Waals surface area contributed by atoms with Crippen LogP contribution >= 0.6 is 0 Å². The third-order valence-electron chi connectivity index (χ3n) is 3.32. The van der Waals surface area contributed by atoms with Crippen molar-refractivity contribution in [1.29, 1.82) is 0 Å². The predicted molar refractivity (Wildman–Crippen MR) is 56.9 cm³/mol. The number of aliphatic hydroxyl groups is 1. The topological polar surface area (TPSA) is 37.3 Å². The molecule has 1 aliphatic carbocycles. The van der Waals surface area contributed by atoms with E-state index in [2.05, 4.69) is 13.5 Å². The lowest BCUT2D eigenvalue weighted by Crippen LogP contribution is -2.33. The Morgan fingerprint density at radius 2 is 2.36 bits per heavy atom. The summed E-state index contributed by atoms with van der Waals surface area (Å²) in [6, 6.07) is 0. The normalized spacial score (nSPS) is 31.5. The van der Waals surface area contributed by atoms with Crippen LogP contribution in [0.2, 0.25) is 0 Å². The van der Waals surface area contributed by atoms with Gasteiger partial charge in [0.05, 0.1) is 6.10 Å². The Morgan fingerprint density at radius 1 is 1.71 bits per heavy atom. The molecule has 1 rings (SSSR count). The molecule has 1 fully saturated rings. The second kappa shape index (κ2) is 4.74. The molecule has 0 bridgehead atoms. The van der Waals surface area contributed by atoms with Gasteiger partial charge < -0.3 is 5.11 Å². The summed E-state index contributed by atoms with van der Waals surface area (Å²) in [6.07, 6.45) is 3.67. The van der Waals surface area contributed by atoms with Gasteiger partial charge in [-0.2, -0.15) is 0 Å². The number of carbonyl (C=O) groups is 1. The van der Waals surface area contributed by atoms with E-state index in [0.717, 1.165) is 12.8 Å². The maximum atomic E-state index is 11.5. The lowest BCUT2D eigenvalue weighted by molar-refractivity contribution is -0.125. The summed E-state index contributed by atoms with van der Waals surface area (Å²) in [6.45, 7) is 7.68. The van der Waals surface area contributed by atoms with E-state index in [1.165, 1.54) is 0 Å². The van der Waals surface area contributed by atoms with Crippen LogP contribution in [0.1, 0.15) is 33.1 Å². The van der Waals surface area contributed by atoms with Crippen molar-refractivity contribution in [3.63, 3.8) is 0 Å². The molecule has 1 N–H and O–H groups in total. The fraction of sp³-hybridized carbons (Fsp3) is 0.750. The number of allylic oxidation sites excluding steroid dienone is 1. The van der Waals surface area contributed by atoms with Gasteiger partial charge in [-0.25, -0.2) is 0 Å². The predicted octanol–water partition coefficient (Wildman–Crippen LogP) is 2.17. The van der Waals surface area contributed by atoms with Crippen LogP contribution in [-0.2, 0) is 4.79 Å². The number of hydrogen-bond donors (Lipinski definition) is 1. The van der Waals surface area contributed by atoms with E-state index in [9.17, 15) is 9.90 Å². The average Bonchev–Trinajstić information content (AvgIpc) is 2.46. The van der Waals surface area contributed by atoms with Crippen LogP contribution in [0.15, 0.2) is 12.7 Å². The number of hydrogen-bond acceptors (Lipinski definition) is 2. The highest BCUT2D eigenvalue weighted by molar-refractivity contribution is 5.83. The van der Waals surface area contributed by atoms with Crippen LogP contribution in [0.3, 0.4) is 0 Å². The lowest BCUT2D eigenvalue weighted by Gasteiger charge is -2.25. The van der Waals surface area contributed by atoms with E-state index < -0.39 is 6.10 Å². The Labute approximate surface area is 86.0 Å². The van der Waals surface area contributed by atoms with Gasteiger partial charge in [0, 0.05) is 12.3 Å². The van der Waals surface area contributed by atoms with Crippen molar-refractivity contribution in [2.75, 3.05) is 0 Å². The monoisotopic (exact) mass is 196 g/mol. The lowest BCUT2D eigenvalue weighted by atomic mass is 9.84. The number of Topliss-reactive ketones (excluding diaryl/α,β-unsaturated/α-hetero) is 1. The van der Waals surface area contributed by atoms with E-state index in [1.54, 1.807) is 6.08 Å². The molecule has 14 heavy (non-hydrogen) atoms. The maximum Gasteiger partial charge on any atom is 0.138 e. The first kappa shape index (κ1) is 11.4. The Bertz CT molecular complexity index is 222. The van der Waals surface area contributed by atoms with Gasteiger partial charge >= 0.3 is 0 Å². The Balaban J connectivity index is 2.62. The van der Waals surface area contributed by atoms with Crippen molar-refractivity contribution in [3.05, 3.63) is 12.7 Å². The third-order valence-corrected chi connectivity index (χ3v) is 3.32. The molecule has 0 aromatic carbocycles. The largest absolute Gasteiger partial charge is 0.392 e. The van der Waals surface area contributed by atoms with Crippen LogP contribution in [0.25, 0.3) is 0 Å². The molecule has 80 valence electrons. The highest BCUT2D eigenvalue weighted by Crippen LogP contribution is 2.34. The second-order valence-electron chi connectivity index (χ2n) is 4.50. The van der Waals surface area contributed by atoms with Crippen molar-refractivity contribution in [1.82, 2.24) is 0 Å². The molecule has 2 heteroatoms. The van der Waals surface area contributed by atoms with Crippen LogP contribution in [0.4, 0.5) is 0 Å². The summed E-state index contributed by atoms with van der Waals surface area (Å²) in [5.41, 5.74) is 0. The number of carbonyl (C=O) groups excluding carboxylic acids is 1. The third kappa shape index (κ3) is 2.24. The van der Waals surface area contributed by atoms with Gasteiger partial charge in [-0.3, -0.25) is 4.79 Å². The van der Waals surface area contributed by atoms with E-state index in [1.807, 2.05) is 6.92 Å². The first-order chi connectivity index (χ1) is 6.57. The second-order valence-corrected chi connectivity index (χ2v) is 4.50. The molecule has 0 aromatic rings. The minimum absolute atomic E-state index is 0.134. The molecule has 0 amide bonds. The van der Waals surface area contributed by atoms with Crippen molar-refractivity contribution in [2.45, 2.75) is 39.2 Å². The summed E-state index contributed by atoms with van der Waals surface area (Å²) in [7, 11) is 0. The highest BCUT2D eigenvalue weighted by Gasteiger charge is 2.38. The molecule has 0 aromatic heterocycles. The van der Waals surface area contributed by atoms with Gasteiger partial charge in [0.1, 0.15) is 5.78 Å². The molecule has 2 nitrogen and oxygen atoms in total. The number of rotatable bonds is 4. The molecule has 0 heterocycles. The van der Waals surface area contributed by atoms with Gasteiger partial charge in [-0.1, -0.05) is 19.9 Å². The molecule has 0 spiro atoms. The van der Waals surface area contributed by atoms with Crippen LogP contribution in [0.5, 0.6) is 0 Å². The summed E-state index contributed by atoms with van der Waals surface area (Å²) in [5.74, 6) is 0.581. The fourth-order valence-corrected chi connectivity index (χ4v) is 2.32. The average molecular weight is 196 g/mol. The molecular formula is C12H20O2. The zero-order valence-electron chi connectivity index (χ0n) is 9.07. The smallest absolute Gasteiger partial charge is 0.138 e. The summed E-state index contributed by atoms with van der Waals surface area (Å²) in [4.78, 5) is 11.5. The summed E-state index contributed by atoms with van der Waals surface area (Å²) >= 11 is 0. The van der Waals surface area contributed by atoms with Gasteiger partial charge in [-0.05, 0) is 24.7 Å². The number of aliphatic hydroxyl groups excluding tert-OH is 1. The minimum Gasteiger partial charge on any atom is -0.392 e. The molecule has 4 atom stereocenters. The van der Waals surface area contributed by atoms with Crippen molar-refractivity contribution in [3.8, 4) is 0 Å². The van der Waals surface area contributed by atoms with E-state index in [4.69, 9.17) is 0 Å². The standard InChI is InChI=1S/C12H20O2/c1-4-5-9(3)12(14)11-8(2)6-7-10(11)13/h4,8-9,11-12,14H,1,5-7H2,2-3H3/t8?,9-,11-,12-/m1/s1. The van der Waals surface area contributed by atoms with Crippen molar-refractivity contribution < 1.29 is 9.90 Å². The molecule has 0 saturated heterocycles. The van der Waals surface area contributed by atoms with E-state index in [0.29, 0.717) is 12.3 Å². The van der Waals surface area contributed by atoms with Crippen molar-refractivity contribution in [2.24, 2.45) is 17.8 Å². The zero-order valence-corrected chi connectivity index (χ0v) is 9.07. The molecular weight excluding hydrogens is 176 g/mol. The highest BCUT2D eigenvalue weighted by atomic mass is 16.3. The first-order valence-corrected chi connectivity index (χ1v) is 5.39. The first-order valence-electron chi connectivity index (χ1n) is 5.39. The Hall–Kier alpha value is -0.630. The minimum atomic E-state index is -0.488. The Kier molecular flexibility index (Phi) is 3.87. The van der Waals surface area contributed by atoms with Gasteiger partial charge in [0.15, 0.2) is 0 Å². The SMILES string of the molecule is C=CC[C@@H](C)[C@@H](O)[C@H]1C(=O)CCC1C. The Morgan fingerprint density at radius 3 is 2.79 bits per heavy atom. The van der Waals surface area contributed by atoms with Crippen LogP contribution in [-0.4, -0.2) is 17.0 Å². The molecule has 1 unspecified atom stereocenters. The summed E-state index contributed by atoms with van der Waals surface area (Å²) < 4.78 is 0. The maximum absolute atomic E-state index is 11.5. The molecule has 0 aliphatic heterocycles. The zero-order chi connectivity index (χ0) is 10.7. The molecule has 0 radical (unpaired) electrons. The van der Waals surface area contributed by atoms with Gasteiger partial charge in [0.2, 0.25) is 0 Å². The van der Waals surface area contributed by atoms with Gasteiger partial charge in [-0.15, -0.1) is 6.58 Å². The fourth-order valence-electron chi connectivity index (χ4n) is 2.32. The van der Waals surface area contributed by atoms with Crippen LogP contribution < -0.4 is 0 Å². The quantitative estimate of drug-likeness (QED) is 0.700. The van der Waals surface area contributed by atoms with Gasteiger partial charge in [0.25, 0.3) is 0 Å². The molecule has 1 aliphatic rings.